The lowest BCUT2D eigenvalue weighted by molar-refractivity contribution is 0.0984. The molecule has 0 amide bonds. The molecule has 0 atom stereocenters. The fourth-order valence-corrected chi connectivity index (χ4v) is 2.57. The largest absolute Gasteiger partial charge is 0.342 e. The van der Waals surface area contributed by atoms with Crippen molar-refractivity contribution in [3.63, 3.8) is 0 Å². The van der Waals surface area contributed by atoms with Gasteiger partial charge in [-0.3, -0.25) is 4.79 Å². The number of aromatic nitrogens is 3. The summed E-state index contributed by atoms with van der Waals surface area (Å²) in [5, 5.41) is 2.78. The first-order valence-corrected chi connectivity index (χ1v) is 6.73. The molecule has 0 aliphatic rings. The number of carbonyl (C=O) groups excluding carboxylic acids is 1. The minimum Gasteiger partial charge on any atom is -0.342 e. The number of rotatable bonds is 4. The first-order valence-electron chi connectivity index (χ1n) is 5.85. The van der Waals surface area contributed by atoms with Crippen molar-refractivity contribution in [1.29, 1.82) is 0 Å². The molecule has 2 aromatic heterocycles. The van der Waals surface area contributed by atoms with Crippen molar-refractivity contribution in [3.8, 4) is 11.3 Å². The third kappa shape index (κ3) is 2.61. The van der Waals surface area contributed by atoms with E-state index in [4.69, 9.17) is 0 Å². The Labute approximate surface area is 114 Å². The zero-order valence-corrected chi connectivity index (χ0v) is 10.9. The fraction of sp³-hybridized carbons (Fsp3) is 0.0714. The third-order valence-corrected chi connectivity index (χ3v) is 3.54. The van der Waals surface area contributed by atoms with Crippen LogP contribution in [0.2, 0.25) is 0 Å². The number of hydrogen-bond acceptors (Lipinski definition) is 4. The number of nitrogens with zero attached hydrogens (tertiary/aromatic N) is 2. The van der Waals surface area contributed by atoms with Crippen LogP contribution in [0.3, 0.4) is 0 Å². The van der Waals surface area contributed by atoms with Gasteiger partial charge in [-0.05, 0) is 0 Å². The summed E-state index contributed by atoms with van der Waals surface area (Å²) in [5.41, 5.74) is 1.98. The Morgan fingerprint density at radius 1 is 1.26 bits per heavy atom. The standard InChI is InChI=1S/C14H11N3OS/c18-12(14-15-6-7-16-14)8-13-17-11(9-19-13)10-4-2-1-3-5-10/h1-7,9H,8H2,(H,15,16). The third-order valence-electron chi connectivity index (χ3n) is 2.70. The normalized spacial score (nSPS) is 10.5. The number of nitrogens with one attached hydrogen (secondary N) is 1. The summed E-state index contributed by atoms with van der Waals surface area (Å²) in [5.74, 6) is 0.343. The molecule has 19 heavy (non-hydrogen) atoms. The minimum atomic E-state index is -0.0426. The number of aromatic amines is 1. The molecule has 0 radical (unpaired) electrons. The average molecular weight is 269 g/mol. The lowest BCUT2D eigenvalue weighted by Crippen LogP contribution is -2.05. The number of carbonyl (C=O) groups is 1. The maximum Gasteiger partial charge on any atom is 0.204 e. The highest BCUT2D eigenvalue weighted by Gasteiger charge is 2.12. The molecule has 0 aliphatic carbocycles. The average Bonchev–Trinajstić information content (AvgIpc) is 3.11. The second-order valence-corrected chi connectivity index (χ2v) is 4.97. The molecule has 0 saturated carbocycles. The number of hydrogen-bond donors (Lipinski definition) is 1. The van der Waals surface area contributed by atoms with Gasteiger partial charge in [-0.15, -0.1) is 11.3 Å². The van der Waals surface area contributed by atoms with Crippen LogP contribution in [-0.4, -0.2) is 20.7 Å². The van der Waals surface area contributed by atoms with E-state index in [1.54, 1.807) is 12.4 Å². The number of H-pyrrole nitrogens is 1. The van der Waals surface area contributed by atoms with Crippen LogP contribution in [0.4, 0.5) is 0 Å². The lowest BCUT2D eigenvalue weighted by Gasteiger charge is -1.95. The van der Waals surface area contributed by atoms with Crippen LogP contribution in [0.25, 0.3) is 11.3 Å². The van der Waals surface area contributed by atoms with Crippen LogP contribution in [0.5, 0.6) is 0 Å². The molecule has 2 heterocycles. The Balaban J connectivity index is 1.77. The Morgan fingerprint density at radius 2 is 2.11 bits per heavy atom. The molecule has 1 N–H and O–H groups in total. The van der Waals surface area contributed by atoms with Gasteiger partial charge in [-0.1, -0.05) is 30.3 Å². The van der Waals surface area contributed by atoms with E-state index in [2.05, 4.69) is 15.0 Å². The second kappa shape index (κ2) is 5.16. The molecule has 0 fully saturated rings. The van der Waals surface area contributed by atoms with Gasteiger partial charge in [0.25, 0.3) is 0 Å². The molecule has 0 spiro atoms. The zero-order chi connectivity index (χ0) is 13.1. The molecule has 3 rings (SSSR count). The summed E-state index contributed by atoms with van der Waals surface area (Å²) in [6, 6.07) is 9.93. The molecule has 0 unspecified atom stereocenters. The molecule has 0 aliphatic heterocycles. The van der Waals surface area contributed by atoms with Crippen LogP contribution >= 0.6 is 11.3 Å². The summed E-state index contributed by atoms with van der Waals surface area (Å²) in [7, 11) is 0. The van der Waals surface area contributed by atoms with E-state index in [0.717, 1.165) is 16.3 Å². The molecule has 3 aromatic rings. The second-order valence-electron chi connectivity index (χ2n) is 4.03. The first kappa shape index (κ1) is 11.8. The highest BCUT2D eigenvalue weighted by molar-refractivity contribution is 7.10. The molecule has 5 heteroatoms. The molecule has 0 saturated heterocycles. The minimum absolute atomic E-state index is 0.0426. The monoisotopic (exact) mass is 269 g/mol. The van der Waals surface area contributed by atoms with Crippen molar-refractivity contribution in [3.05, 3.63) is 58.9 Å². The lowest BCUT2D eigenvalue weighted by atomic mass is 10.2. The van der Waals surface area contributed by atoms with Crippen molar-refractivity contribution in [2.75, 3.05) is 0 Å². The Hall–Kier alpha value is -2.27. The predicted octanol–water partition coefficient (Wildman–Crippen LogP) is 2.96. The van der Waals surface area contributed by atoms with E-state index >= 15 is 0 Å². The highest BCUT2D eigenvalue weighted by Crippen LogP contribution is 2.22. The zero-order valence-electron chi connectivity index (χ0n) is 10.0. The van der Waals surface area contributed by atoms with Crippen LogP contribution in [0, 0.1) is 0 Å². The van der Waals surface area contributed by atoms with Crippen LogP contribution < -0.4 is 0 Å². The Bertz CT molecular complexity index is 674. The van der Waals surface area contributed by atoms with E-state index in [0.29, 0.717) is 5.82 Å². The van der Waals surface area contributed by atoms with Gasteiger partial charge < -0.3 is 4.98 Å². The Kier molecular flexibility index (Phi) is 3.20. The molecule has 94 valence electrons. The smallest absolute Gasteiger partial charge is 0.204 e. The summed E-state index contributed by atoms with van der Waals surface area (Å²) in [6.45, 7) is 0. The van der Waals surface area contributed by atoms with Gasteiger partial charge >= 0.3 is 0 Å². The maximum atomic E-state index is 11.9. The molecular weight excluding hydrogens is 258 g/mol. The van der Waals surface area contributed by atoms with Crippen LogP contribution in [0.15, 0.2) is 48.1 Å². The summed E-state index contributed by atoms with van der Waals surface area (Å²) in [6.07, 6.45) is 3.50. The summed E-state index contributed by atoms with van der Waals surface area (Å²) in [4.78, 5) is 23.1. The fourth-order valence-electron chi connectivity index (χ4n) is 1.77. The molecule has 0 bridgehead atoms. The first-order chi connectivity index (χ1) is 9.33. The molecule has 1 aromatic carbocycles. The van der Waals surface area contributed by atoms with Gasteiger partial charge in [0.05, 0.1) is 12.1 Å². The number of Topliss-reactive ketones (excluding diaryl/α,β-unsaturated/α-hetero) is 1. The summed E-state index contributed by atoms with van der Waals surface area (Å²) < 4.78 is 0. The Morgan fingerprint density at radius 3 is 2.84 bits per heavy atom. The SMILES string of the molecule is O=C(Cc1nc(-c2ccccc2)cs1)c1ncc[nH]1. The van der Waals surface area contributed by atoms with E-state index in [9.17, 15) is 4.79 Å². The van der Waals surface area contributed by atoms with Gasteiger partial charge in [-0.25, -0.2) is 9.97 Å². The predicted molar refractivity (Wildman–Crippen MR) is 74.2 cm³/mol. The van der Waals surface area contributed by atoms with Gasteiger partial charge in [0.1, 0.15) is 5.01 Å². The topological polar surface area (TPSA) is 58.6 Å². The van der Waals surface area contributed by atoms with E-state index in [-0.39, 0.29) is 12.2 Å². The maximum absolute atomic E-state index is 11.9. The highest BCUT2D eigenvalue weighted by atomic mass is 32.1. The van der Waals surface area contributed by atoms with Crippen LogP contribution in [-0.2, 0) is 6.42 Å². The molecule has 4 nitrogen and oxygen atoms in total. The van der Waals surface area contributed by atoms with Crippen molar-refractivity contribution in [2.45, 2.75) is 6.42 Å². The number of ketones is 1. The van der Waals surface area contributed by atoms with E-state index < -0.39 is 0 Å². The van der Waals surface area contributed by atoms with Gasteiger partial charge in [0, 0.05) is 23.3 Å². The number of imidazole rings is 1. The number of benzene rings is 1. The summed E-state index contributed by atoms with van der Waals surface area (Å²) >= 11 is 1.50. The van der Waals surface area contributed by atoms with Crippen LogP contribution in [0.1, 0.15) is 15.6 Å². The van der Waals surface area contributed by atoms with Crippen molar-refractivity contribution >= 4 is 17.1 Å². The van der Waals surface area contributed by atoms with Gasteiger partial charge in [0.2, 0.25) is 5.78 Å². The van der Waals surface area contributed by atoms with Crippen molar-refractivity contribution < 1.29 is 4.79 Å². The van der Waals surface area contributed by atoms with Crippen molar-refractivity contribution in [1.82, 2.24) is 15.0 Å². The van der Waals surface area contributed by atoms with Crippen molar-refractivity contribution in [2.24, 2.45) is 0 Å². The molecular formula is C14H11N3OS. The van der Waals surface area contributed by atoms with Gasteiger partial charge in [-0.2, -0.15) is 0 Å². The van der Waals surface area contributed by atoms with E-state index in [1.165, 1.54) is 11.3 Å². The van der Waals surface area contributed by atoms with Gasteiger partial charge in [0.15, 0.2) is 5.82 Å². The van der Waals surface area contributed by atoms with E-state index in [1.807, 2.05) is 35.7 Å². The quantitative estimate of drug-likeness (QED) is 0.741. The number of thiazole rings is 1.